The molecule has 0 aromatic rings. The van der Waals surface area contributed by atoms with E-state index in [4.69, 9.17) is 0 Å². The van der Waals surface area contributed by atoms with Gasteiger partial charge in [-0.1, -0.05) is 13.0 Å². The van der Waals surface area contributed by atoms with E-state index in [0.29, 0.717) is 5.92 Å². The van der Waals surface area contributed by atoms with Crippen LogP contribution in [0.2, 0.25) is 0 Å². The molecule has 0 fully saturated rings. The number of nitrogens with zero attached hydrogens (tertiary/aromatic N) is 2. The first kappa shape index (κ1) is 7.47. The second-order valence-electron chi connectivity index (χ2n) is 3.47. The second-order valence-corrected chi connectivity index (χ2v) is 3.47. The Morgan fingerprint density at radius 1 is 1.50 bits per heavy atom. The summed E-state index contributed by atoms with van der Waals surface area (Å²) in [5, 5.41) is 0. The molecule has 2 heterocycles. The van der Waals surface area contributed by atoms with Gasteiger partial charge < -0.3 is 0 Å². The molecule has 0 aliphatic carbocycles. The molecule has 2 nitrogen and oxygen atoms in total. The van der Waals surface area contributed by atoms with Crippen molar-refractivity contribution in [3.63, 3.8) is 0 Å². The van der Waals surface area contributed by atoms with E-state index in [0.717, 1.165) is 5.70 Å². The van der Waals surface area contributed by atoms with Gasteiger partial charge in [0.2, 0.25) is 0 Å². The fraction of sp³-hybridized carbons (Fsp3) is 0.400. The Bertz CT molecular complexity index is 310. The van der Waals surface area contributed by atoms with Crippen LogP contribution in [0.1, 0.15) is 13.8 Å². The molecule has 0 radical (unpaired) electrons. The van der Waals surface area contributed by atoms with E-state index in [1.807, 2.05) is 18.5 Å². The smallest absolute Gasteiger partial charge is 0.117 e. The van der Waals surface area contributed by atoms with Gasteiger partial charge in [0.25, 0.3) is 0 Å². The van der Waals surface area contributed by atoms with Crippen molar-refractivity contribution >= 4 is 12.4 Å². The van der Waals surface area contributed by atoms with Gasteiger partial charge in [0.15, 0.2) is 0 Å². The second kappa shape index (κ2) is 2.41. The molecule has 2 aliphatic rings. The molecule has 2 rings (SSSR count). The van der Waals surface area contributed by atoms with Crippen LogP contribution >= 0.6 is 0 Å². The van der Waals surface area contributed by atoms with Crippen molar-refractivity contribution in [3.05, 3.63) is 23.9 Å². The zero-order chi connectivity index (χ0) is 8.60. The Morgan fingerprint density at radius 3 is 3.17 bits per heavy atom. The Morgan fingerprint density at radius 2 is 2.33 bits per heavy atom. The standard InChI is InChI=1S/C10H12N2/c1-8-6-9-10(2,12-7-8)4-3-5-11-9/h3-8H,1-2H3. The lowest BCUT2D eigenvalue weighted by molar-refractivity contribution is 0.651. The van der Waals surface area contributed by atoms with Crippen molar-refractivity contribution in [1.29, 1.82) is 0 Å². The number of hydrogen-bond acceptors (Lipinski definition) is 2. The van der Waals surface area contributed by atoms with Gasteiger partial charge >= 0.3 is 0 Å². The minimum Gasteiger partial charge on any atom is -0.280 e. The van der Waals surface area contributed by atoms with Gasteiger partial charge in [-0.05, 0) is 19.1 Å². The first-order valence-electron chi connectivity index (χ1n) is 4.20. The maximum absolute atomic E-state index is 4.47. The SMILES string of the molecule is CC1C=NC2(C)C=CC=NC2=C1. The van der Waals surface area contributed by atoms with E-state index in [9.17, 15) is 0 Å². The van der Waals surface area contributed by atoms with Crippen LogP contribution in [0.25, 0.3) is 0 Å². The largest absolute Gasteiger partial charge is 0.280 e. The van der Waals surface area contributed by atoms with Crippen molar-refractivity contribution in [3.8, 4) is 0 Å². The van der Waals surface area contributed by atoms with Crippen LogP contribution in [-0.2, 0) is 0 Å². The van der Waals surface area contributed by atoms with Crippen LogP contribution < -0.4 is 0 Å². The van der Waals surface area contributed by atoms with Gasteiger partial charge in [0, 0.05) is 18.3 Å². The topological polar surface area (TPSA) is 24.7 Å². The van der Waals surface area contributed by atoms with Crippen LogP contribution in [0.5, 0.6) is 0 Å². The fourth-order valence-electron chi connectivity index (χ4n) is 1.46. The van der Waals surface area contributed by atoms with Gasteiger partial charge in [-0.3, -0.25) is 9.98 Å². The van der Waals surface area contributed by atoms with Crippen LogP contribution in [0.4, 0.5) is 0 Å². The van der Waals surface area contributed by atoms with Gasteiger partial charge in [-0.25, -0.2) is 0 Å². The summed E-state index contributed by atoms with van der Waals surface area (Å²) in [5.41, 5.74) is 0.876. The van der Waals surface area contributed by atoms with E-state index < -0.39 is 0 Å². The summed E-state index contributed by atoms with van der Waals surface area (Å²) < 4.78 is 0. The number of rotatable bonds is 0. The maximum atomic E-state index is 4.47. The molecule has 12 heavy (non-hydrogen) atoms. The Hall–Kier alpha value is -1.18. The molecule has 0 N–H and O–H groups in total. The fourth-order valence-corrected chi connectivity index (χ4v) is 1.46. The number of fused-ring (bicyclic) bond motifs is 1. The lowest BCUT2D eigenvalue weighted by Crippen LogP contribution is -2.27. The number of dihydropyridines is 2. The van der Waals surface area contributed by atoms with Crippen LogP contribution in [0.3, 0.4) is 0 Å². The number of hydrogen-bond donors (Lipinski definition) is 0. The summed E-state index contributed by atoms with van der Waals surface area (Å²) in [6.07, 6.45) is 9.99. The molecular formula is C10H12N2. The van der Waals surface area contributed by atoms with E-state index in [2.05, 4.69) is 36.0 Å². The average molecular weight is 160 g/mol. The molecule has 62 valence electrons. The van der Waals surface area contributed by atoms with Crippen LogP contribution in [0, 0.1) is 5.92 Å². The summed E-state index contributed by atoms with van der Waals surface area (Å²) >= 11 is 0. The highest BCUT2D eigenvalue weighted by molar-refractivity contribution is 5.77. The minimum atomic E-state index is -0.193. The Balaban J connectivity index is 2.43. The van der Waals surface area contributed by atoms with E-state index in [1.165, 1.54) is 0 Å². The van der Waals surface area contributed by atoms with Crippen molar-refractivity contribution in [1.82, 2.24) is 0 Å². The predicted octanol–water partition coefficient (Wildman–Crippen LogP) is 1.99. The number of allylic oxidation sites excluding steroid dienone is 2. The normalized spacial score (nSPS) is 37.8. The molecule has 0 saturated heterocycles. The third-order valence-electron chi connectivity index (χ3n) is 2.24. The molecule has 0 aromatic carbocycles. The molecule has 0 bridgehead atoms. The van der Waals surface area contributed by atoms with E-state index in [-0.39, 0.29) is 5.54 Å². The summed E-state index contributed by atoms with van der Waals surface area (Å²) in [7, 11) is 0. The average Bonchev–Trinajstić information content (AvgIpc) is 2.06. The maximum Gasteiger partial charge on any atom is 0.117 e. The summed E-state index contributed by atoms with van der Waals surface area (Å²) in [5.74, 6) is 0.414. The van der Waals surface area contributed by atoms with Crippen molar-refractivity contribution in [2.24, 2.45) is 15.9 Å². The zero-order valence-electron chi connectivity index (χ0n) is 7.36. The monoisotopic (exact) mass is 160 g/mol. The van der Waals surface area contributed by atoms with Crippen molar-refractivity contribution < 1.29 is 0 Å². The molecule has 2 atom stereocenters. The molecule has 0 spiro atoms. The van der Waals surface area contributed by atoms with E-state index in [1.54, 1.807) is 0 Å². The summed E-state index contributed by atoms with van der Waals surface area (Å²) in [6, 6.07) is 0. The third-order valence-corrected chi connectivity index (χ3v) is 2.24. The molecule has 0 amide bonds. The highest BCUT2D eigenvalue weighted by Gasteiger charge is 2.28. The van der Waals surface area contributed by atoms with Gasteiger partial charge in [0.05, 0.1) is 5.70 Å². The highest BCUT2D eigenvalue weighted by atomic mass is 14.9. The van der Waals surface area contributed by atoms with Gasteiger partial charge in [0.1, 0.15) is 5.54 Å². The minimum absolute atomic E-state index is 0.193. The Labute approximate surface area is 72.4 Å². The van der Waals surface area contributed by atoms with Gasteiger partial charge in [-0.2, -0.15) is 0 Å². The zero-order valence-corrected chi connectivity index (χ0v) is 7.36. The summed E-state index contributed by atoms with van der Waals surface area (Å²) in [4.78, 5) is 8.78. The van der Waals surface area contributed by atoms with Crippen molar-refractivity contribution in [2.75, 3.05) is 0 Å². The molecule has 2 heteroatoms. The van der Waals surface area contributed by atoms with Gasteiger partial charge in [-0.15, -0.1) is 0 Å². The molecule has 2 aliphatic heterocycles. The quantitative estimate of drug-likeness (QED) is 0.517. The van der Waals surface area contributed by atoms with Crippen LogP contribution in [-0.4, -0.2) is 18.0 Å². The molecular weight excluding hydrogens is 148 g/mol. The lowest BCUT2D eigenvalue weighted by atomic mass is 9.91. The van der Waals surface area contributed by atoms with Crippen molar-refractivity contribution in [2.45, 2.75) is 19.4 Å². The van der Waals surface area contributed by atoms with E-state index >= 15 is 0 Å². The third kappa shape index (κ3) is 1.04. The first-order valence-corrected chi connectivity index (χ1v) is 4.20. The lowest BCUT2D eigenvalue weighted by Gasteiger charge is -2.28. The number of aliphatic imine (C=N–C) groups is 2. The first-order chi connectivity index (χ1) is 5.71. The molecule has 2 unspecified atom stereocenters. The Kier molecular flexibility index (Phi) is 1.50. The molecule has 0 aromatic heterocycles. The molecule has 0 saturated carbocycles. The van der Waals surface area contributed by atoms with Crippen LogP contribution in [0.15, 0.2) is 33.9 Å². The highest BCUT2D eigenvalue weighted by Crippen LogP contribution is 2.30. The summed E-state index contributed by atoms with van der Waals surface area (Å²) in [6.45, 7) is 4.19. The predicted molar refractivity (Wildman–Crippen MR) is 51.8 cm³/mol.